The van der Waals surface area contributed by atoms with Crippen molar-refractivity contribution in [2.75, 3.05) is 11.1 Å². The largest absolute Gasteiger partial charge is 0.444 e. The summed E-state index contributed by atoms with van der Waals surface area (Å²) >= 11 is 4.33. The van der Waals surface area contributed by atoms with Crippen LogP contribution >= 0.6 is 12.6 Å². The number of hydrogen-bond acceptors (Lipinski definition) is 5. The number of carbonyl (C=O) groups excluding carboxylic acids is 3. The lowest BCUT2D eigenvalue weighted by molar-refractivity contribution is -0.142. The van der Waals surface area contributed by atoms with E-state index in [0.29, 0.717) is 23.2 Å². The molecule has 0 fully saturated rings. The summed E-state index contributed by atoms with van der Waals surface area (Å²) in [5, 5.41) is 5.67. The number of para-hydroxylation sites is 1. The Bertz CT molecular complexity index is 1160. The van der Waals surface area contributed by atoms with Crippen LogP contribution in [0, 0.1) is 26.2 Å². The first-order valence-corrected chi connectivity index (χ1v) is 13.3. The summed E-state index contributed by atoms with van der Waals surface area (Å²) in [5.41, 5.74) is 3.01. The van der Waals surface area contributed by atoms with Crippen LogP contribution in [-0.4, -0.2) is 46.2 Å². The number of terminal acetylenes is 1. The minimum atomic E-state index is -1.01. The lowest BCUT2D eigenvalue weighted by atomic mass is 9.98. The quantitative estimate of drug-likeness (QED) is 0.295. The van der Waals surface area contributed by atoms with Crippen LogP contribution < -0.4 is 10.6 Å². The zero-order valence-corrected chi connectivity index (χ0v) is 24.2. The van der Waals surface area contributed by atoms with Crippen molar-refractivity contribution in [3.8, 4) is 12.3 Å². The summed E-state index contributed by atoms with van der Waals surface area (Å²) in [6, 6.07) is 10.4. The molecule has 0 saturated heterocycles. The second-order valence-electron chi connectivity index (χ2n) is 10.3. The second kappa shape index (κ2) is 13.4. The van der Waals surface area contributed by atoms with Crippen LogP contribution in [0.1, 0.15) is 69.3 Å². The van der Waals surface area contributed by atoms with Crippen LogP contribution in [0.25, 0.3) is 0 Å². The third-order valence-corrected chi connectivity index (χ3v) is 6.51. The molecule has 0 saturated carbocycles. The molecule has 0 aromatic heterocycles. The monoisotopic (exact) mass is 537 g/mol. The fourth-order valence-corrected chi connectivity index (χ4v) is 4.26. The van der Waals surface area contributed by atoms with E-state index in [-0.39, 0.29) is 17.7 Å². The van der Waals surface area contributed by atoms with E-state index in [1.165, 1.54) is 4.90 Å². The van der Waals surface area contributed by atoms with Gasteiger partial charge >= 0.3 is 6.09 Å². The van der Waals surface area contributed by atoms with Crippen LogP contribution in [0.3, 0.4) is 0 Å². The number of rotatable bonds is 9. The van der Waals surface area contributed by atoms with Gasteiger partial charge in [-0.1, -0.05) is 43.2 Å². The van der Waals surface area contributed by atoms with Gasteiger partial charge in [-0.2, -0.15) is 12.6 Å². The van der Waals surface area contributed by atoms with Crippen molar-refractivity contribution in [2.24, 2.45) is 0 Å². The van der Waals surface area contributed by atoms with E-state index in [2.05, 4.69) is 29.2 Å². The number of alkyl carbamates (subject to hydrolysis) is 1. The van der Waals surface area contributed by atoms with E-state index in [0.717, 1.165) is 11.1 Å². The molecule has 8 heteroatoms. The maximum Gasteiger partial charge on any atom is 0.408 e. The van der Waals surface area contributed by atoms with Gasteiger partial charge in [-0.05, 0) is 76.8 Å². The lowest BCUT2D eigenvalue weighted by Gasteiger charge is -2.38. The minimum absolute atomic E-state index is 0.0201. The maximum absolute atomic E-state index is 14.0. The number of nitrogens with zero attached hydrogens (tertiary/aromatic N) is 1. The van der Waals surface area contributed by atoms with Gasteiger partial charge in [0, 0.05) is 23.0 Å². The normalized spacial score (nSPS) is 13.4. The molecule has 0 spiro atoms. The molecule has 3 amide bonds. The van der Waals surface area contributed by atoms with Crippen LogP contribution in [0.4, 0.5) is 10.5 Å². The molecule has 38 heavy (non-hydrogen) atoms. The molecular formula is C30H39N3O4S. The lowest BCUT2D eigenvalue weighted by Crippen LogP contribution is -2.55. The van der Waals surface area contributed by atoms with Gasteiger partial charge in [-0.3, -0.25) is 9.59 Å². The predicted octanol–water partition coefficient (Wildman–Crippen LogP) is 5.41. The number of thiol groups is 1. The topological polar surface area (TPSA) is 87.7 Å². The summed E-state index contributed by atoms with van der Waals surface area (Å²) in [5.74, 6) is 1.78. The molecule has 0 aliphatic heterocycles. The zero-order valence-electron chi connectivity index (χ0n) is 23.3. The molecule has 204 valence electrons. The van der Waals surface area contributed by atoms with Crippen molar-refractivity contribution in [2.45, 2.75) is 78.6 Å². The molecule has 2 aromatic rings. The Labute approximate surface area is 232 Å². The summed E-state index contributed by atoms with van der Waals surface area (Å²) in [7, 11) is 0. The van der Waals surface area contributed by atoms with Gasteiger partial charge in [0.05, 0.1) is 0 Å². The number of amides is 3. The zero-order chi connectivity index (χ0) is 28.6. The fourth-order valence-electron chi connectivity index (χ4n) is 4.01. The van der Waals surface area contributed by atoms with Crippen LogP contribution in [-0.2, 0) is 14.3 Å². The Morgan fingerprint density at radius 1 is 1.08 bits per heavy atom. The number of ether oxygens (including phenoxy) is 1. The molecule has 3 atom stereocenters. The predicted molar refractivity (Wildman–Crippen MR) is 155 cm³/mol. The molecule has 2 rings (SSSR count). The number of benzene rings is 2. The standard InChI is InChI=1S/C30H39N3O4S/c1-9-21(5)33(28(35)24(18-38)31-29(36)37-30(6,7)8)26(23-16-14-22(10-2)15-17-23)27(34)32-25-19(3)12-11-13-20(25)4/h2,11-17,21,24,26,38H,9,18H2,1,3-8H3,(H,31,36)(H,32,34). The molecule has 3 unspecified atom stereocenters. The second-order valence-corrected chi connectivity index (χ2v) is 10.7. The van der Waals surface area contributed by atoms with Gasteiger partial charge in [0.25, 0.3) is 5.91 Å². The first kappa shape index (κ1) is 30.8. The summed E-state index contributed by atoms with van der Waals surface area (Å²) < 4.78 is 5.36. The van der Waals surface area contributed by atoms with E-state index in [4.69, 9.17) is 11.2 Å². The Kier molecular flexibility index (Phi) is 10.8. The first-order valence-electron chi connectivity index (χ1n) is 12.7. The SMILES string of the molecule is C#Cc1ccc(C(C(=O)Nc2c(C)cccc2C)N(C(=O)C(CS)NC(=O)OC(C)(C)C)C(C)CC)cc1. The molecule has 0 aliphatic carbocycles. The Balaban J connectivity index is 2.57. The fraction of sp³-hybridized carbons (Fsp3) is 0.433. The number of carbonyl (C=O) groups is 3. The number of nitrogens with one attached hydrogen (secondary N) is 2. The molecule has 2 aromatic carbocycles. The van der Waals surface area contributed by atoms with Gasteiger partial charge < -0.3 is 20.3 Å². The van der Waals surface area contributed by atoms with Crippen molar-refractivity contribution < 1.29 is 19.1 Å². The van der Waals surface area contributed by atoms with Gasteiger partial charge in [0.15, 0.2) is 0 Å². The molecular weight excluding hydrogens is 498 g/mol. The van der Waals surface area contributed by atoms with Gasteiger partial charge in [0.2, 0.25) is 5.91 Å². The molecule has 0 aliphatic rings. The third kappa shape index (κ3) is 8.03. The van der Waals surface area contributed by atoms with Crippen LogP contribution in [0.5, 0.6) is 0 Å². The summed E-state index contributed by atoms with van der Waals surface area (Å²) in [6.07, 6.45) is 5.39. The number of hydrogen-bond donors (Lipinski definition) is 3. The van der Waals surface area contributed by atoms with E-state index < -0.39 is 29.7 Å². The van der Waals surface area contributed by atoms with Crippen molar-refractivity contribution in [3.05, 3.63) is 64.7 Å². The highest BCUT2D eigenvalue weighted by atomic mass is 32.1. The summed E-state index contributed by atoms with van der Waals surface area (Å²) in [4.78, 5) is 42.0. The smallest absolute Gasteiger partial charge is 0.408 e. The first-order chi connectivity index (χ1) is 17.8. The average molecular weight is 538 g/mol. The summed E-state index contributed by atoms with van der Waals surface area (Å²) in [6.45, 7) is 12.9. The Morgan fingerprint density at radius 3 is 2.13 bits per heavy atom. The van der Waals surface area contributed by atoms with Gasteiger partial charge in [0.1, 0.15) is 17.7 Å². The Hall–Kier alpha value is -3.44. The van der Waals surface area contributed by atoms with Crippen molar-refractivity contribution in [1.82, 2.24) is 10.2 Å². The molecule has 7 nitrogen and oxygen atoms in total. The van der Waals surface area contributed by atoms with Gasteiger partial charge in [-0.25, -0.2) is 4.79 Å². The molecule has 2 N–H and O–H groups in total. The number of anilines is 1. The highest BCUT2D eigenvalue weighted by Gasteiger charge is 2.38. The van der Waals surface area contributed by atoms with E-state index in [9.17, 15) is 14.4 Å². The van der Waals surface area contributed by atoms with Crippen molar-refractivity contribution >= 4 is 36.2 Å². The molecule has 0 radical (unpaired) electrons. The third-order valence-electron chi connectivity index (χ3n) is 6.14. The Morgan fingerprint density at radius 2 is 1.66 bits per heavy atom. The van der Waals surface area contributed by atoms with Crippen molar-refractivity contribution in [1.29, 1.82) is 0 Å². The maximum atomic E-state index is 14.0. The highest BCUT2D eigenvalue weighted by Crippen LogP contribution is 2.29. The van der Waals surface area contributed by atoms with Crippen LogP contribution in [0.2, 0.25) is 0 Å². The van der Waals surface area contributed by atoms with E-state index in [1.807, 2.05) is 45.9 Å². The minimum Gasteiger partial charge on any atom is -0.444 e. The molecule has 0 bridgehead atoms. The van der Waals surface area contributed by atoms with E-state index >= 15 is 0 Å². The van der Waals surface area contributed by atoms with Crippen LogP contribution in [0.15, 0.2) is 42.5 Å². The van der Waals surface area contributed by atoms with E-state index in [1.54, 1.807) is 45.0 Å². The highest BCUT2D eigenvalue weighted by molar-refractivity contribution is 7.80. The molecule has 0 heterocycles. The average Bonchev–Trinajstić information content (AvgIpc) is 2.86. The van der Waals surface area contributed by atoms with Crippen molar-refractivity contribution in [3.63, 3.8) is 0 Å². The van der Waals surface area contributed by atoms with Gasteiger partial charge in [-0.15, -0.1) is 6.42 Å². The number of aryl methyl sites for hydroxylation is 2.